The molecule has 1 aliphatic heterocycles. The van der Waals surface area contributed by atoms with Gasteiger partial charge in [0.05, 0.1) is 29.5 Å². The summed E-state index contributed by atoms with van der Waals surface area (Å²) in [6, 6.07) is 15.6. The lowest BCUT2D eigenvalue weighted by Crippen LogP contribution is -2.40. The van der Waals surface area contributed by atoms with E-state index in [1.54, 1.807) is 24.5 Å². The SMILES string of the molecule is Fc1ccc(-n2ncc3cc(N4CC[C@H](Nc5ncccn5)[C@H]4C4CC4)ccc32)cc1. The first kappa shape index (κ1) is 18.3. The molecule has 0 amide bonds. The minimum absolute atomic E-state index is 0.244. The van der Waals surface area contributed by atoms with Crippen LogP contribution in [0.25, 0.3) is 16.6 Å². The predicted octanol–water partition coefficient (Wildman–Crippen LogP) is 4.42. The molecule has 2 fully saturated rings. The molecule has 2 aromatic carbocycles. The Hall–Kier alpha value is -3.48. The van der Waals surface area contributed by atoms with Gasteiger partial charge in [-0.25, -0.2) is 19.0 Å². The Morgan fingerprint density at radius 1 is 0.935 bits per heavy atom. The molecule has 0 radical (unpaired) electrons. The van der Waals surface area contributed by atoms with Crippen molar-refractivity contribution in [2.45, 2.75) is 31.3 Å². The zero-order valence-corrected chi connectivity index (χ0v) is 17.0. The Labute approximate surface area is 179 Å². The summed E-state index contributed by atoms with van der Waals surface area (Å²) >= 11 is 0. The molecule has 2 aliphatic rings. The molecule has 6 nitrogen and oxygen atoms in total. The molecule has 2 aromatic heterocycles. The van der Waals surface area contributed by atoms with Crippen molar-refractivity contribution >= 4 is 22.5 Å². The fourth-order valence-corrected chi connectivity index (χ4v) is 4.82. The van der Waals surface area contributed by atoms with Gasteiger partial charge in [0.2, 0.25) is 5.95 Å². The van der Waals surface area contributed by atoms with Crippen LogP contribution in [0.3, 0.4) is 0 Å². The van der Waals surface area contributed by atoms with Crippen molar-refractivity contribution in [3.8, 4) is 5.69 Å². The summed E-state index contributed by atoms with van der Waals surface area (Å²) in [5, 5.41) is 9.20. The van der Waals surface area contributed by atoms with Gasteiger partial charge in [-0.3, -0.25) is 0 Å². The van der Waals surface area contributed by atoms with Gasteiger partial charge in [0.25, 0.3) is 0 Å². The molecule has 0 bridgehead atoms. The zero-order chi connectivity index (χ0) is 20.8. The largest absolute Gasteiger partial charge is 0.366 e. The summed E-state index contributed by atoms with van der Waals surface area (Å²) in [5.74, 6) is 1.17. The highest BCUT2D eigenvalue weighted by Crippen LogP contribution is 2.43. The molecular weight excluding hydrogens is 391 g/mol. The lowest BCUT2D eigenvalue weighted by molar-refractivity contribution is 0.546. The van der Waals surface area contributed by atoms with Crippen molar-refractivity contribution in [2.75, 3.05) is 16.8 Å². The molecule has 7 heteroatoms. The van der Waals surface area contributed by atoms with Gasteiger partial charge in [0.1, 0.15) is 5.82 Å². The molecule has 6 rings (SSSR count). The summed E-state index contributed by atoms with van der Waals surface area (Å²) in [6.07, 6.45) is 9.06. The van der Waals surface area contributed by atoms with Crippen LogP contribution >= 0.6 is 0 Å². The number of aromatic nitrogens is 4. The summed E-state index contributed by atoms with van der Waals surface area (Å²) in [5.41, 5.74) is 3.10. The molecule has 2 atom stereocenters. The van der Waals surface area contributed by atoms with Gasteiger partial charge in [0, 0.05) is 30.0 Å². The van der Waals surface area contributed by atoms with E-state index in [2.05, 4.69) is 43.5 Å². The third-order valence-electron chi connectivity index (χ3n) is 6.39. The minimum atomic E-state index is -0.244. The highest BCUT2D eigenvalue weighted by Gasteiger charge is 2.44. The number of fused-ring (bicyclic) bond motifs is 1. The molecular formula is C24H23FN6. The Bertz CT molecular complexity index is 1200. The predicted molar refractivity (Wildman–Crippen MR) is 119 cm³/mol. The average Bonchev–Trinajstić information content (AvgIpc) is 3.42. The Kier molecular flexibility index (Phi) is 4.33. The second-order valence-electron chi connectivity index (χ2n) is 8.41. The van der Waals surface area contributed by atoms with Gasteiger partial charge < -0.3 is 10.2 Å². The Balaban J connectivity index is 1.29. The lowest BCUT2D eigenvalue weighted by Gasteiger charge is -2.30. The fourth-order valence-electron chi connectivity index (χ4n) is 4.82. The first-order valence-corrected chi connectivity index (χ1v) is 10.8. The molecule has 156 valence electrons. The summed E-state index contributed by atoms with van der Waals surface area (Å²) < 4.78 is 15.2. The number of halogens is 1. The van der Waals surface area contributed by atoms with Crippen LogP contribution in [0.1, 0.15) is 19.3 Å². The van der Waals surface area contributed by atoms with Crippen LogP contribution in [-0.4, -0.2) is 38.4 Å². The highest BCUT2D eigenvalue weighted by molar-refractivity contribution is 5.84. The molecule has 31 heavy (non-hydrogen) atoms. The average molecular weight is 414 g/mol. The smallest absolute Gasteiger partial charge is 0.222 e. The number of nitrogens with one attached hydrogen (secondary N) is 1. The lowest BCUT2D eigenvalue weighted by atomic mass is 10.0. The van der Waals surface area contributed by atoms with E-state index < -0.39 is 0 Å². The maximum atomic E-state index is 13.3. The van der Waals surface area contributed by atoms with Gasteiger partial charge in [-0.1, -0.05) is 0 Å². The first-order valence-electron chi connectivity index (χ1n) is 10.8. The normalized spacial score (nSPS) is 21.0. The van der Waals surface area contributed by atoms with E-state index in [-0.39, 0.29) is 5.82 Å². The first-order chi connectivity index (χ1) is 15.3. The summed E-state index contributed by atoms with van der Waals surface area (Å²) in [4.78, 5) is 11.2. The number of rotatable bonds is 5. The van der Waals surface area contributed by atoms with Gasteiger partial charge in [0.15, 0.2) is 0 Å². The third kappa shape index (κ3) is 3.40. The van der Waals surface area contributed by atoms with Crippen molar-refractivity contribution in [3.63, 3.8) is 0 Å². The van der Waals surface area contributed by atoms with E-state index in [0.29, 0.717) is 23.9 Å². The van der Waals surface area contributed by atoms with Crippen LogP contribution in [0.15, 0.2) is 67.1 Å². The van der Waals surface area contributed by atoms with Crippen molar-refractivity contribution in [2.24, 2.45) is 5.92 Å². The molecule has 3 heterocycles. The van der Waals surface area contributed by atoms with Crippen LogP contribution in [0.4, 0.5) is 16.0 Å². The summed E-state index contributed by atoms with van der Waals surface area (Å²) in [7, 11) is 0. The van der Waals surface area contributed by atoms with Crippen LogP contribution < -0.4 is 10.2 Å². The minimum Gasteiger partial charge on any atom is -0.366 e. The highest BCUT2D eigenvalue weighted by atomic mass is 19.1. The summed E-state index contributed by atoms with van der Waals surface area (Å²) in [6.45, 7) is 1.00. The zero-order valence-electron chi connectivity index (χ0n) is 17.0. The van der Waals surface area contributed by atoms with E-state index in [0.717, 1.165) is 29.6 Å². The number of hydrogen-bond acceptors (Lipinski definition) is 5. The second kappa shape index (κ2) is 7.34. The molecule has 4 aromatic rings. The van der Waals surface area contributed by atoms with Gasteiger partial charge >= 0.3 is 0 Å². The monoisotopic (exact) mass is 414 g/mol. The van der Waals surface area contributed by atoms with Gasteiger partial charge in [-0.15, -0.1) is 0 Å². The quantitative estimate of drug-likeness (QED) is 0.524. The third-order valence-corrected chi connectivity index (χ3v) is 6.39. The maximum Gasteiger partial charge on any atom is 0.222 e. The standard InChI is InChI=1S/C24H23FN6/c25-18-4-6-19(7-5-18)31-22-9-8-20(14-17(22)15-28-31)30-13-10-21(23(30)16-2-3-16)29-24-26-11-1-12-27-24/h1,4-9,11-12,14-16,21,23H,2-3,10,13H2,(H,26,27,29)/t21-,23+/m0/s1. The fraction of sp³-hybridized carbons (Fsp3) is 0.292. The molecule has 1 saturated carbocycles. The van der Waals surface area contributed by atoms with E-state index in [1.165, 1.54) is 30.7 Å². The molecule has 0 spiro atoms. The number of benzene rings is 2. The Morgan fingerprint density at radius 3 is 2.48 bits per heavy atom. The number of hydrogen-bond donors (Lipinski definition) is 1. The number of nitrogens with zero attached hydrogens (tertiary/aromatic N) is 5. The van der Waals surface area contributed by atoms with Gasteiger partial charge in [-0.05, 0) is 73.7 Å². The van der Waals surface area contributed by atoms with Crippen molar-refractivity contribution < 1.29 is 4.39 Å². The number of anilines is 2. The van der Waals surface area contributed by atoms with E-state index in [9.17, 15) is 4.39 Å². The van der Waals surface area contributed by atoms with Crippen molar-refractivity contribution in [1.29, 1.82) is 0 Å². The van der Waals surface area contributed by atoms with E-state index in [1.807, 2.05) is 16.9 Å². The van der Waals surface area contributed by atoms with Gasteiger partial charge in [-0.2, -0.15) is 5.10 Å². The molecule has 1 N–H and O–H groups in total. The van der Waals surface area contributed by atoms with E-state index in [4.69, 9.17) is 0 Å². The van der Waals surface area contributed by atoms with Crippen LogP contribution in [-0.2, 0) is 0 Å². The molecule has 1 saturated heterocycles. The molecule has 1 aliphatic carbocycles. The van der Waals surface area contributed by atoms with E-state index >= 15 is 0 Å². The van der Waals surface area contributed by atoms with Crippen LogP contribution in [0, 0.1) is 11.7 Å². The topological polar surface area (TPSA) is 58.9 Å². The van der Waals surface area contributed by atoms with Crippen LogP contribution in [0.2, 0.25) is 0 Å². The van der Waals surface area contributed by atoms with Crippen LogP contribution in [0.5, 0.6) is 0 Å². The molecule has 0 unspecified atom stereocenters. The van der Waals surface area contributed by atoms with Crippen molar-refractivity contribution in [1.82, 2.24) is 19.7 Å². The maximum absolute atomic E-state index is 13.3. The van der Waals surface area contributed by atoms with Crippen molar-refractivity contribution in [3.05, 3.63) is 72.9 Å². The second-order valence-corrected chi connectivity index (χ2v) is 8.41. The Morgan fingerprint density at radius 2 is 1.71 bits per heavy atom.